The van der Waals surface area contributed by atoms with Crippen LogP contribution in [0.1, 0.15) is 21.9 Å². The van der Waals surface area contributed by atoms with Crippen molar-refractivity contribution in [1.82, 2.24) is 14.9 Å². The summed E-state index contributed by atoms with van der Waals surface area (Å²) in [6.45, 7) is 3.74. The first-order valence-corrected chi connectivity index (χ1v) is 7.91. The van der Waals surface area contributed by atoms with Crippen molar-refractivity contribution in [3.8, 4) is 0 Å². The molecule has 0 aliphatic carbocycles. The van der Waals surface area contributed by atoms with Crippen LogP contribution in [0.2, 0.25) is 0 Å². The number of hydrogen-bond acceptors (Lipinski definition) is 5. The van der Waals surface area contributed by atoms with Gasteiger partial charge in [0.15, 0.2) is 0 Å². The third kappa shape index (κ3) is 2.85. The highest BCUT2D eigenvalue weighted by Gasteiger charge is 2.13. The number of nitrogens with zero attached hydrogens (tertiary/aromatic N) is 1. The molecular weight excluding hydrogens is 318 g/mol. The van der Waals surface area contributed by atoms with Crippen molar-refractivity contribution in [3.05, 3.63) is 55.4 Å². The zero-order valence-corrected chi connectivity index (χ0v) is 13.5. The van der Waals surface area contributed by atoms with Crippen molar-refractivity contribution in [1.29, 1.82) is 0 Å². The van der Waals surface area contributed by atoms with Gasteiger partial charge in [0.05, 0.1) is 11.1 Å². The van der Waals surface area contributed by atoms with Gasteiger partial charge in [0, 0.05) is 13.1 Å². The van der Waals surface area contributed by atoms with Crippen molar-refractivity contribution in [2.45, 2.75) is 20.4 Å². The fourth-order valence-electron chi connectivity index (χ4n) is 2.41. The van der Waals surface area contributed by atoms with E-state index in [1.807, 2.05) is 0 Å². The number of nitrogens with one attached hydrogen (secondary N) is 2. The van der Waals surface area contributed by atoms with E-state index in [-0.39, 0.29) is 24.6 Å². The molecule has 2 N–H and O–H groups in total. The largest absolute Gasteiger partial charge is 0.466 e. The molecule has 120 valence electrons. The average Bonchev–Trinajstić information content (AvgIpc) is 3.08. The van der Waals surface area contributed by atoms with Crippen LogP contribution >= 0.6 is 11.3 Å². The van der Waals surface area contributed by atoms with Crippen LogP contribution in [0, 0.1) is 13.8 Å². The zero-order chi connectivity index (χ0) is 16.6. The van der Waals surface area contributed by atoms with Crippen molar-refractivity contribution in [2.24, 2.45) is 0 Å². The maximum absolute atomic E-state index is 12.2. The van der Waals surface area contributed by atoms with Gasteiger partial charge >= 0.3 is 5.69 Å². The Bertz CT molecular complexity index is 992. The van der Waals surface area contributed by atoms with Crippen LogP contribution in [-0.4, -0.2) is 22.0 Å². The van der Waals surface area contributed by atoms with Crippen LogP contribution in [0.15, 0.2) is 31.5 Å². The lowest BCUT2D eigenvalue weighted by molar-refractivity contribution is 0.0950. The number of thiophene rings is 1. The lowest BCUT2D eigenvalue weighted by Gasteiger charge is -2.06. The SMILES string of the molecule is Cc1cc(C(=O)NCCn2c(=O)[nH]c3ccsc3c2=O)c(C)o1. The fourth-order valence-corrected chi connectivity index (χ4v) is 3.20. The molecule has 0 atom stereocenters. The summed E-state index contributed by atoms with van der Waals surface area (Å²) in [4.78, 5) is 38.9. The summed E-state index contributed by atoms with van der Waals surface area (Å²) in [6, 6.07) is 3.35. The molecule has 0 spiro atoms. The number of amides is 1. The number of aromatic nitrogens is 2. The quantitative estimate of drug-likeness (QED) is 0.754. The monoisotopic (exact) mass is 333 g/mol. The van der Waals surface area contributed by atoms with Gasteiger partial charge in [-0.25, -0.2) is 4.79 Å². The number of fused-ring (bicyclic) bond motifs is 1. The molecule has 0 aliphatic heterocycles. The minimum Gasteiger partial charge on any atom is -0.466 e. The Morgan fingerprint density at radius 3 is 2.87 bits per heavy atom. The third-order valence-corrected chi connectivity index (χ3v) is 4.40. The van der Waals surface area contributed by atoms with Gasteiger partial charge in [0.25, 0.3) is 11.5 Å². The van der Waals surface area contributed by atoms with Gasteiger partial charge < -0.3 is 14.7 Å². The molecule has 0 bridgehead atoms. The summed E-state index contributed by atoms with van der Waals surface area (Å²) < 4.78 is 6.90. The van der Waals surface area contributed by atoms with E-state index < -0.39 is 5.69 Å². The van der Waals surface area contributed by atoms with E-state index in [0.717, 1.165) is 4.57 Å². The minimum absolute atomic E-state index is 0.101. The van der Waals surface area contributed by atoms with E-state index in [1.54, 1.807) is 31.4 Å². The first-order valence-electron chi connectivity index (χ1n) is 7.03. The Balaban J connectivity index is 1.74. The number of aromatic amines is 1. The first-order chi connectivity index (χ1) is 11.0. The lowest BCUT2D eigenvalue weighted by Crippen LogP contribution is -2.38. The van der Waals surface area contributed by atoms with Crippen molar-refractivity contribution in [2.75, 3.05) is 6.54 Å². The molecule has 0 radical (unpaired) electrons. The van der Waals surface area contributed by atoms with E-state index >= 15 is 0 Å². The van der Waals surface area contributed by atoms with Crippen LogP contribution < -0.4 is 16.6 Å². The maximum atomic E-state index is 12.2. The van der Waals surface area contributed by atoms with Gasteiger partial charge in [0.2, 0.25) is 0 Å². The molecule has 0 saturated heterocycles. The molecule has 1 amide bonds. The molecule has 3 aromatic rings. The Hall–Kier alpha value is -2.61. The number of hydrogen-bond donors (Lipinski definition) is 2. The van der Waals surface area contributed by atoms with Gasteiger partial charge in [0.1, 0.15) is 16.2 Å². The van der Waals surface area contributed by atoms with Gasteiger partial charge in [-0.3, -0.25) is 14.2 Å². The number of rotatable bonds is 4. The molecule has 0 saturated carbocycles. The van der Waals surface area contributed by atoms with Crippen LogP contribution in [0.5, 0.6) is 0 Å². The van der Waals surface area contributed by atoms with Gasteiger partial charge in [-0.1, -0.05) is 0 Å². The Morgan fingerprint density at radius 2 is 2.17 bits per heavy atom. The number of furan rings is 1. The molecule has 7 nitrogen and oxygen atoms in total. The summed E-state index contributed by atoms with van der Waals surface area (Å²) in [5.74, 6) is 0.902. The van der Waals surface area contributed by atoms with Crippen LogP contribution in [0.4, 0.5) is 0 Å². The highest BCUT2D eigenvalue weighted by atomic mass is 32.1. The Labute approximate surface area is 134 Å². The van der Waals surface area contributed by atoms with E-state index in [0.29, 0.717) is 27.3 Å². The molecular formula is C15H15N3O4S. The van der Waals surface area contributed by atoms with Gasteiger partial charge in [-0.05, 0) is 31.4 Å². The molecule has 0 unspecified atom stereocenters. The Kier molecular flexibility index (Phi) is 3.91. The van der Waals surface area contributed by atoms with Crippen molar-refractivity contribution in [3.63, 3.8) is 0 Å². The standard InChI is InChI=1S/C15H15N3O4S/c1-8-7-10(9(2)22-8)13(19)16-4-5-18-14(20)12-11(3-6-23-12)17-15(18)21/h3,6-7H,4-5H2,1-2H3,(H,16,19)(H,17,21). The van der Waals surface area contributed by atoms with Crippen LogP contribution in [0.3, 0.4) is 0 Å². The van der Waals surface area contributed by atoms with Gasteiger partial charge in [-0.2, -0.15) is 0 Å². The van der Waals surface area contributed by atoms with Crippen molar-refractivity contribution >= 4 is 27.5 Å². The topological polar surface area (TPSA) is 97.1 Å². The molecule has 3 rings (SSSR count). The average molecular weight is 333 g/mol. The zero-order valence-electron chi connectivity index (χ0n) is 12.6. The molecule has 8 heteroatoms. The van der Waals surface area contributed by atoms with Crippen LogP contribution in [-0.2, 0) is 6.54 Å². The predicted octanol–water partition coefficient (Wildman–Crippen LogP) is 1.39. The molecule has 23 heavy (non-hydrogen) atoms. The van der Waals surface area contributed by atoms with E-state index in [4.69, 9.17) is 4.42 Å². The number of H-pyrrole nitrogens is 1. The Morgan fingerprint density at radius 1 is 1.39 bits per heavy atom. The second kappa shape index (κ2) is 5.88. The third-order valence-electron chi connectivity index (χ3n) is 3.50. The number of carbonyl (C=O) groups excluding carboxylic acids is 1. The second-order valence-electron chi connectivity index (χ2n) is 5.13. The molecule has 3 aromatic heterocycles. The summed E-state index contributed by atoms with van der Waals surface area (Å²) in [7, 11) is 0. The first kappa shape index (κ1) is 15.3. The molecule has 0 aromatic carbocycles. The lowest BCUT2D eigenvalue weighted by atomic mass is 10.2. The summed E-state index contributed by atoms with van der Waals surface area (Å²) in [6.07, 6.45) is 0. The summed E-state index contributed by atoms with van der Waals surface area (Å²) >= 11 is 1.27. The summed E-state index contributed by atoms with van der Waals surface area (Å²) in [5, 5.41) is 4.44. The van der Waals surface area contributed by atoms with Crippen LogP contribution in [0.25, 0.3) is 10.2 Å². The van der Waals surface area contributed by atoms with Crippen molar-refractivity contribution < 1.29 is 9.21 Å². The fraction of sp³-hybridized carbons (Fsp3) is 0.267. The van der Waals surface area contributed by atoms with E-state index in [1.165, 1.54) is 11.3 Å². The molecule has 0 aliphatic rings. The molecule has 0 fully saturated rings. The normalized spacial score (nSPS) is 11.0. The van der Waals surface area contributed by atoms with E-state index in [2.05, 4.69) is 10.3 Å². The second-order valence-corrected chi connectivity index (χ2v) is 6.05. The van der Waals surface area contributed by atoms with Gasteiger partial charge in [-0.15, -0.1) is 11.3 Å². The maximum Gasteiger partial charge on any atom is 0.328 e. The summed E-state index contributed by atoms with van der Waals surface area (Å²) in [5.41, 5.74) is 0.168. The minimum atomic E-state index is -0.481. The van der Waals surface area contributed by atoms with E-state index in [9.17, 15) is 14.4 Å². The number of aryl methyl sites for hydroxylation is 2. The number of carbonyl (C=O) groups is 1. The highest BCUT2D eigenvalue weighted by Crippen LogP contribution is 2.13. The predicted molar refractivity (Wildman–Crippen MR) is 87.2 cm³/mol. The molecule has 3 heterocycles. The smallest absolute Gasteiger partial charge is 0.328 e. The highest BCUT2D eigenvalue weighted by molar-refractivity contribution is 7.17.